The SMILES string of the molecule is CCC1(OC(C)=O)C2C[C@H]3CC4CC1C43C2. The maximum absolute atomic E-state index is 11.4. The third-order valence-corrected chi connectivity index (χ3v) is 6.59. The standard InChI is InChI=1S/C14H20O2/c1-3-14(16-8(2)15)11-5-9-4-10-6-12(14)13(9,10)7-11/h9-12H,3-7H2,1-2H3/t9-,10?,11?,12?,13?,14?/m1/s1. The lowest BCUT2D eigenvalue weighted by atomic mass is 9.36. The van der Waals surface area contributed by atoms with Gasteiger partial charge in [0.05, 0.1) is 0 Å². The van der Waals surface area contributed by atoms with Gasteiger partial charge in [-0.15, -0.1) is 0 Å². The van der Waals surface area contributed by atoms with E-state index >= 15 is 0 Å². The maximum Gasteiger partial charge on any atom is 0.303 e. The predicted octanol–water partition coefficient (Wildman–Crippen LogP) is 2.76. The zero-order valence-corrected chi connectivity index (χ0v) is 10.2. The van der Waals surface area contributed by atoms with Crippen LogP contribution in [0.3, 0.4) is 0 Å². The lowest BCUT2D eigenvalue weighted by Gasteiger charge is -2.69. The van der Waals surface area contributed by atoms with Gasteiger partial charge in [-0.3, -0.25) is 4.79 Å². The fraction of sp³-hybridized carbons (Fsp3) is 0.929. The Bertz CT molecular complexity index is 377. The molecule has 2 bridgehead atoms. The highest BCUT2D eigenvalue weighted by molar-refractivity contribution is 5.67. The van der Waals surface area contributed by atoms with Crippen molar-refractivity contribution in [2.75, 3.05) is 0 Å². The van der Waals surface area contributed by atoms with Gasteiger partial charge in [0.25, 0.3) is 0 Å². The largest absolute Gasteiger partial charge is 0.459 e. The number of hydrogen-bond acceptors (Lipinski definition) is 2. The molecule has 88 valence electrons. The summed E-state index contributed by atoms with van der Waals surface area (Å²) in [5.41, 5.74) is 0.593. The molecule has 2 heteroatoms. The molecule has 1 spiro atoms. The molecular formula is C14H20O2. The maximum atomic E-state index is 11.4. The van der Waals surface area contributed by atoms with Gasteiger partial charge in [-0.1, -0.05) is 6.92 Å². The minimum atomic E-state index is -0.0647. The zero-order valence-electron chi connectivity index (χ0n) is 10.2. The van der Waals surface area contributed by atoms with Crippen LogP contribution in [0.15, 0.2) is 0 Å². The molecule has 0 aliphatic heterocycles. The molecule has 2 nitrogen and oxygen atoms in total. The van der Waals surface area contributed by atoms with Crippen molar-refractivity contribution in [1.29, 1.82) is 0 Å². The normalized spacial score (nSPS) is 59.9. The Balaban J connectivity index is 1.73. The van der Waals surface area contributed by atoms with Gasteiger partial charge in [-0.05, 0) is 55.3 Å². The molecule has 0 radical (unpaired) electrons. The summed E-state index contributed by atoms with van der Waals surface area (Å²) in [7, 11) is 0. The fourth-order valence-electron chi connectivity index (χ4n) is 6.17. The second kappa shape index (κ2) is 2.49. The molecule has 0 amide bonds. The Morgan fingerprint density at radius 2 is 1.94 bits per heavy atom. The molecule has 4 fully saturated rings. The Hall–Kier alpha value is -0.530. The summed E-state index contributed by atoms with van der Waals surface area (Å²) in [6, 6.07) is 0. The first kappa shape index (κ1) is 9.49. The van der Waals surface area contributed by atoms with Gasteiger partial charge in [0.15, 0.2) is 0 Å². The Labute approximate surface area is 96.7 Å². The molecular weight excluding hydrogens is 200 g/mol. The molecule has 16 heavy (non-hydrogen) atoms. The Morgan fingerprint density at radius 1 is 1.25 bits per heavy atom. The van der Waals surface area contributed by atoms with E-state index in [1.807, 2.05) is 0 Å². The van der Waals surface area contributed by atoms with Gasteiger partial charge in [0, 0.05) is 12.8 Å². The fourth-order valence-corrected chi connectivity index (χ4v) is 6.17. The monoisotopic (exact) mass is 220 g/mol. The zero-order chi connectivity index (χ0) is 11.1. The van der Waals surface area contributed by atoms with Gasteiger partial charge in [0.1, 0.15) is 5.60 Å². The van der Waals surface area contributed by atoms with Gasteiger partial charge >= 0.3 is 5.97 Å². The van der Waals surface area contributed by atoms with Crippen LogP contribution in [0.2, 0.25) is 0 Å². The topological polar surface area (TPSA) is 26.3 Å². The smallest absolute Gasteiger partial charge is 0.303 e. The van der Waals surface area contributed by atoms with Crippen LogP contribution in [-0.2, 0) is 9.53 Å². The Kier molecular flexibility index (Phi) is 1.48. The van der Waals surface area contributed by atoms with Crippen LogP contribution in [0.25, 0.3) is 0 Å². The van der Waals surface area contributed by atoms with Crippen LogP contribution in [0.4, 0.5) is 0 Å². The number of hydrogen-bond donors (Lipinski definition) is 0. The first-order chi connectivity index (χ1) is 7.63. The summed E-state index contributed by atoms with van der Waals surface area (Å²) in [5, 5.41) is 0. The van der Waals surface area contributed by atoms with E-state index in [2.05, 4.69) is 6.92 Å². The van der Waals surface area contributed by atoms with E-state index in [0.717, 1.165) is 24.2 Å². The second-order valence-electron chi connectivity index (χ2n) is 6.57. The molecule has 0 aromatic carbocycles. The van der Waals surface area contributed by atoms with E-state index in [1.54, 1.807) is 6.92 Å². The molecule has 4 rings (SSSR count). The van der Waals surface area contributed by atoms with Crippen molar-refractivity contribution in [3.63, 3.8) is 0 Å². The highest BCUT2D eigenvalue weighted by Crippen LogP contribution is 2.84. The first-order valence-corrected chi connectivity index (χ1v) is 6.83. The van der Waals surface area contributed by atoms with E-state index in [4.69, 9.17) is 4.74 Å². The number of rotatable bonds is 2. The summed E-state index contributed by atoms with van der Waals surface area (Å²) >= 11 is 0. The van der Waals surface area contributed by atoms with Gasteiger partial charge in [-0.2, -0.15) is 0 Å². The van der Waals surface area contributed by atoms with Crippen LogP contribution >= 0.6 is 0 Å². The third kappa shape index (κ3) is 0.706. The van der Waals surface area contributed by atoms with Crippen LogP contribution in [0.1, 0.15) is 46.0 Å². The van der Waals surface area contributed by atoms with E-state index in [-0.39, 0.29) is 11.6 Å². The van der Waals surface area contributed by atoms with Gasteiger partial charge in [-0.25, -0.2) is 0 Å². The highest BCUT2D eigenvalue weighted by atomic mass is 16.6. The number of carbonyl (C=O) groups is 1. The molecule has 0 heterocycles. The van der Waals surface area contributed by atoms with Crippen LogP contribution in [-0.4, -0.2) is 11.6 Å². The lowest BCUT2D eigenvalue weighted by molar-refractivity contribution is -0.250. The average Bonchev–Trinajstić information content (AvgIpc) is 2.68. The summed E-state index contributed by atoms with van der Waals surface area (Å²) in [6.07, 6.45) is 6.56. The molecule has 0 aromatic rings. The first-order valence-electron chi connectivity index (χ1n) is 6.83. The average molecular weight is 220 g/mol. The number of ether oxygens (including phenoxy) is 1. The van der Waals surface area contributed by atoms with Gasteiger partial charge in [0.2, 0.25) is 0 Å². The van der Waals surface area contributed by atoms with Gasteiger partial charge < -0.3 is 4.74 Å². The van der Waals surface area contributed by atoms with Crippen LogP contribution in [0, 0.1) is 29.1 Å². The minimum Gasteiger partial charge on any atom is -0.459 e. The molecule has 0 saturated heterocycles. The van der Waals surface area contributed by atoms with E-state index in [9.17, 15) is 4.79 Å². The third-order valence-electron chi connectivity index (χ3n) is 6.59. The Morgan fingerprint density at radius 3 is 2.50 bits per heavy atom. The minimum absolute atomic E-state index is 0.0563. The highest BCUT2D eigenvalue weighted by Gasteiger charge is 2.81. The quantitative estimate of drug-likeness (QED) is 0.669. The second-order valence-corrected chi connectivity index (χ2v) is 6.57. The van der Waals surface area contributed by atoms with Crippen molar-refractivity contribution in [2.45, 2.75) is 51.6 Å². The van der Waals surface area contributed by atoms with Crippen LogP contribution in [0.5, 0.6) is 0 Å². The molecule has 0 N–H and O–H groups in total. The van der Waals surface area contributed by atoms with Crippen molar-refractivity contribution in [2.24, 2.45) is 29.1 Å². The molecule has 0 aromatic heterocycles. The van der Waals surface area contributed by atoms with Crippen molar-refractivity contribution in [3.05, 3.63) is 0 Å². The number of fused-ring (bicyclic) bond motifs is 1. The van der Waals surface area contributed by atoms with E-state index < -0.39 is 0 Å². The number of carbonyl (C=O) groups excluding carboxylic acids is 1. The number of esters is 1. The van der Waals surface area contributed by atoms with Crippen molar-refractivity contribution in [1.82, 2.24) is 0 Å². The summed E-state index contributed by atoms with van der Waals surface area (Å²) in [5.74, 6) is 3.33. The summed E-state index contributed by atoms with van der Waals surface area (Å²) < 4.78 is 5.84. The molecule has 4 aliphatic rings. The van der Waals surface area contributed by atoms with Crippen molar-refractivity contribution in [3.8, 4) is 0 Å². The van der Waals surface area contributed by atoms with Crippen LogP contribution < -0.4 is 0 Å². The summed E-state index contributed by atoms with van der Waals surface area (Å²) in [4.78, 5) is 11.4. The van der Waals surface area contributed by atoms with Crippen molar-refractivity contribution >= 4 is 5.97 Å². The predicted molar refractivity (Wildman–Crippen MR) is 59.6 cm³/mol. The molecule has 5 unspecified atom stereocenters. The summed E-state index contributed by atoms with van der Waals surface area (Å²) in [6.45, 7) is 3.79. The molecule has 4 aliphatic carbocycles. The molecule has 6 atom stereocenters. The van der Waals surface area contributed by atoms with E-state index in [0.29, 0.717) is 11.3 Å². The molecule has 4 saturated carbocycles. The van der Waals surface area contributed by atoms with E-state index in [1.165, 1.54) is 25.7 Å². The van der Waals surface area contributed by atoms with Crippen molar-refractivity contribution < 1.29 is 9.53 Å². The lowest BCUT2D eigenvalue weighted by Crippen LogP contribution is -2.67.